The molecular weight excluding hydrogens is 282 g/mol. The topological polar surface area (TPSA) is 38.3 Å². The van der Waals surface area contributed by atoms with Crippen LogP contribution in [0.1, 0.15) is 32.4 Å². The molecule has 0 aliphatic heterocycles. The van der Waals surface area contributed by atoms with E-state index in [0.29, 0.717) is 0 Å². The molecule has 0 aliphatic carbocycles. The fourth-order valence-electron chi connectivity index (χ4n) is 1.47. The van der Waals surface area contributed by atoms with E-state index >= 15 is 0 Å². The van der Waals surface area contributed by atoms with E-state index in [0.717, 1.165) is 10.0 Å². The van der Waals surface area contributed by atoms with Crippen molar-refractivity contribution in [2.45, 2.75) is 32.4 Å². The standard InChI is InChI=1S/C13H18BrNO2/c1-13(2,3)17-12(16)11(15-4)9-6-5-7-10(14)8-9/h5-8,11,15H,1-4H3. The Kier molecular flexibility index (Phi) is 4.71. The molecule has 0 amide bonds. The summed E-state index contributed by atoms with van der Waals surface area (Å²) in [4.78, 5) is 12.0. The van der Waals surface area contributed by atoms with E-state index < -0.39 is 11.6 Å². The number of rotatable bonds is 3. The highest BCUT2D eigenvalue weighted by Crippen LogP contribution is 2.21. The zero-order chi connectivity index (χ0) is 13.1. The molecule has 0 aromatic heterocycles. The lowest BCUT2D eigenvalue weighted by molar-refractivity contribution is -0.157. The highest BCUT2D eigenvalue weighted by molar-refractivity contribution is 9.10. The van der Waals surface area contributed by atoms with Crippen LogP contribution in [0.2, 0.25) is 0 Å². The van der Waals surface area contributed by atoms with Gasteiger partial charge in [0, 0.05) is 4.47 Å². The first kappa shape index (κ1) is 14.2. The molecule has 0 fully saturated rings. The van der Waals surface area contributed by atoms with Crippen molar-refractivity contribution in [1.29, 1.82) is 0 Å². The first-order valence-electron chi connectivity index (χ1n) is 5.49. The van der Waals surface area contributed by atoms with Crippen LogP contribution >= 0.6 is 15.9 Å². The quantitative estimate of drug-likeness (QED) is 0.872. The number of hydrogen-bond acceptors (Lipinski definition) is 3. The molecule has 1 aromatic carbocycles. The van der Waals surface area contributed by atoms with Crippen LogP contribution in [0.15, 0.2) is 28.7 Å². The second-order valence-corrected chi connectivity index (χ2v) is 5.73. The molecule has 1 unspecified atom stereocenters. The van der Waals surface area contributed by atoms with E-state index in [2.05, 4.69) is 21.2 Å². The lowest BCUT2D eigenvalue weighted by Gasteiger charge is -2.24. The maximum atomic E-state index is 12.0. The average molecular weight is 300 g/mol. The molecule has 17 heavy (non-hydrogen) atoms. The van der Waals surface area contributed by atoms with Gasteiger partial charge in [0.1, 0.15) is 11.6 Å². The summed E-state index contributed by atoms with van der Waals surface area (Å²) in [6.45, 7) is 5.58. The van der Waals surface area contributed by atoms with Crippen molar-refractivity contribution < 1.29 is 9.53 Å². The van der Waals surface area contributed by atoms with Gasteiger partial charge in [-0.3, -0.25) is 0 Å². The Balaban J connectivity index is 2.88. The van der Waals surface area contributed by atoms with Crippen LogP contribution in [0.3, 0.4) is 0 Å². The Morgan fingerprint density at radius 2 is 2.06 bits per heavy atom. The normalized spacial score (nSPS) is 13.2. The van der Waals surface area contributed by atoms with Gasteiger partial charge in [-0.15, -0.1) is 0 Å². The molecule has 1 atom stereocenters. The molecule has 0 saturated carbocycles. The maximum Gasteiger partial charge on any atom is 0.328 e. The van der Waals surface area contributed by atoms with Crippen LogP contribution in [-0.2, 0) is 9.53 Å². The lowest BCUT2D eigenvalue weighted by atomic mass is 10.1. The van der Waals surface area contributed by atoms with Crippen molar-refractivity contribution >= 4 is 21.9 Å². The molecule has 4 heteroatoms. The molecule has 0 aliphatic rings. The molecule has 1 aromatic rings. The number of benzene rings is 1. The van der Waals surface area contributed by atoms with Gasteiger partial charge in [0.05, 0.1) is 0 Å². The van der Waals surface area contributed by atoms with Crippen molar-refractivity contribution in [1.82, 2.24) is 5.32 Å². The first-order chi connectivity index (χ1) is 7.83. The van der Waals surface area contributed by atoms with Gasteiger partial charge in [-0.1, -0.05) is 28.1 Å². The zero-order valence-electron chi connectivity index (χ0n) is 10.6. The fraction of sp³-hybridized carbons (Fsp3) is 0.462. The van der Waals surface area contributed by atoms with E-state index in [-0.39, 0.29) is 5.97 Å². The van der Waals surface area contributed by atoms with Crippen molar-refractivity contribution in [3.05, 3.63) is 34.3 Å². The maximum absolute atomic E-state index is 12.0. The van der Waals surface area contributed by atoms with Gasteiger partial charge in [-0.05, 0) is 45.5 Å². The van der Waals surface area contributed by atoms with Crippen LogP contribution < -0.4 is 5.32 Å². The van der Waals surface area contributed by atoms with Gasteiger partial charge in [-0.2, -0.15) is 0 Å². The molecule has 1 rings (SSSR count). The number of likely N-dealkylation sites (N-methyl/N-ethyl adjacent to an activating group) is 1. The predicted octanol–water partition coefficient (Wildman–Crippen LogP) is 3.05. The Morgan fingerprint density at radius 1 is 1.41 bits per heavy atom. The van der Waals surface area contributed by atoms with E-state index in [1.165, 1.54) is 0 Å². The van der Waals surface area contributed by atoms with Crippen LogP contribution in [-0.4, -0.2) is 18.6 Å². The molecule has 0 spiro atoms. The van der Waals surface area contributed by atoms with Crippen LogP contribution in [0.4, 0.5) is 0 Å². The number of esters is 1. The van der Waals surface area contributed by atoms with E-state index in [9.17, 15) is 4.79 Å². The number of carbonyl (C=O) groups excluding carboxylic acids is 1. The largest absolute Gasteiger partial charge is 0.459 e. The number of nitrogens with one attached hydrogen (secondary N) is 1. The number of ether oxygens (including phenoxy) is 1. The van der Waals surface area contributed by atoms with E-state index in [1.54, 1.807) is 7.05 Å². The van der Waals surface area contributed by atoms with Gasteiger partial charge in [-0.25, -0.2) is 4.79 Å². The summed E-state index contributed by atoms with van der Waals surface area (Å²) in [5.41, 5.74) is 0.411. The SMILES string of the molecule is CNC(C(=O)OC(C)(C)C)c1cccc(Br)c1. The Bertz CT molecular complexity index is 399. The summed E-state index contributed by atoms with van der Waals surface area (Å²) in [5, 5.41) is 2.97. The fourth-order valence-corrected chi connectivity index (χ4v) is 1.88. The number of hydrogen-bond donors (Lipinski definition) is 1. The minimum atomic E-state index is -0.474. The molecule has 0 heterocycles. The molecule has 1 N–H and O–H groups in total. The van der Waals surface area contributed by atoms with Crippen molar-refractivity contribution in [3.63, 3.8) is 0 Å². The third kappa shape index (κ3) is 4.48. The summed E-state index contributed by atoms with van der Waals surface area (Å²) in [6, 6.07) is 7.19. The zero-order valence-corrected chi connectivity index (χ0v) is 12.2. The molecular formula is C13H18BrNO2. The summed E-state index contributed by atoms with van der Waals surface area (Å²) < 4.78 is 6.31. The van der Waals surface area contributed by atoms with Gasteiger partial charge >= 0.3 is 5.97 Å². The van der Waals surface area contributed by atoms with Crippen molar-refractivity contribution in [2.75, 3.05) is 7.05 Å². The van der Waals surface area contributed by atoms with Crippen LogP contribution in [0.5, 0.6) is 0 Å². The minimum absolute atomic E-state index is 0.266. The van der Waals surface area contributed by atoms with Crippen molar-refractivity contribution in [2.24, 2.45) is 0 Å². The van der Waals surface area contributed by atoms with Gasteiger partial charge in [0.25, 0.3) is 0 Å². The Labute approximate surface area is 111 Å². The monoisotopic (exact) mass is 299 g/mol. The lowest BCUT2D eigenvalue weighted by Crippen LogP contribution is -2.33. The summed E-state index contributed by atoms with van der Waals surface area (Å²) >= 11 is 3.39. The summed E-state index contributed by atoms with van der Waals surface area (Å²) in [7, 11) is 1.75. The van der Waals surface area contributed by atoms with Gasteiger partial charge < -0.3 is 10.1 Å². The summed E-state index contributed by atoms with van der Waals surface area (Å²) in [6.07, 6.45) is 0. The van der Waals surface area contributed by atoms with E-state index in [1.807, 2.05) is 45.0 Å². The molecule has 0 bridgehead atoms. The molecule has 3 nitrogen and oxygen atoms in total. The minimum Gasteiger partial charge on any atom is -0.459 e. The molecule has 94 valence electrons. The third-order valence-corrected chi connectivity index (χ3v) is 2.61. The number of halogens is 1. The van der Waals surface area contributed by atoms with Gasteiger partial charge in [0.2, 0.25) is 0 Å². The Morgan fingerprint density at radius 3 is 2.53 bits per heavy atom. The predicted molar refractivity (Wildman–Crippen MR) is 71.8 cm³/mol. The smallest absolute Gasteiger partial charge is 0.328 e. The third-order valence-electron chi connectivity index (χ3n) is 2.11. The highest BCUT2D eigenvalue weighted by Gasteiger charge is 2.25. The highest BCUT2D eigenvalue weighted by atomic mass is 79.9. The number of carbonyl (C=O) groups is 1. The van der Waals surface area contributed by atoms with E-state index in [4.69, 9.17) is 4.74 Å². The second-order valence-electron chi connectivity index (χ2n) is 4.81. The average Bonchev–Trinajstić information content (AvgIpc) is 2.15. The second kappa shape index (κ2) is 5.65. The van der Waals surface area contributed by atoms with Crippen molar-refractivity contribution in [3.8, 4) is 0 Å². The molecule has 0 saturated heterocycles. The van der Waals surface area contributed by atoms with Crippen LogP contribution in [0, 0.1) is 0 Å². The van der Waals surface area contributed by atoms with Gasteiger partial charge in [0.15, 0.2) is 0 Å². The first-order valence-corrected chi connectivity index (χ1v) is 6.28. The van der Waals surface area contributed by atoms with Crippen LogP contribution in [0.25, 0.3) is 0 Å². The summed E-state index contributed by atoms with van der Waals surface area (Å²) in [5.74, 6) is -0.266. The molecule has 0 radical (unpaired) electrons. The Hall–Kier alpha value is -0.870.